The van der Waals surface area contributed by atoms with Crippen molar-refractivity contribution in [3.05, 3.63) is 81.7 Å². The molecule has 8 nitrogen and oxygen atoms in total. The molecule has 1 N–H and O–H groups in total. The highest BCUT2D eigenvalue weighted by atomic mass is 32.1. The molecule has 2 aromatic carbocycles. The van der Waals surface area contributed by atoms with Crippen LogP contribution < -0.4 is 14.8 Å². The number of anilines is 1. The normalized spacial score (nSPS) is 10.5. The summed E-state index contributed by atoms with van der Waals surface area (Å²) in [5.74, 6) is 0.865. The number of carbonyl (C=O) groups is 1. The van der Waals surface area contributed by atoms with E-state index in [-0.39, 0.29) is 9.88 Å². The predicted octanol–water partition coefficient (Wildman–Crippen LogP) is 5.83. The summed E-state index contributed by atoms with van der Waals surface area (Å²) in [5.41, 5.74) is 1.35. The van der Waals surface area contributed by atoms with Crippen molar-refractivity contribution in [3.8, 4) is 27.8 Å². The number of para-hydroxylation sites is 1. The number of amides is 1. The molecule has 4 rings (SSSR count). The maximum atomic E-state index is 12.5. The van der Waals surface area contributed by atoms with Crippen molar-refractivity contribution in [2.75, 3.05) is 12.4 Å². The summed E-state index contributed by atoms with van der Waals surface area (Å²) in [6.07, 6.45) is 0. The number of nitrogens with zero attached hydrogens (tertiary/aromatic N) is 2. The van der Waals surface area contributed by atoms with Gasteiger partial charge in [0, 0.05) is 11.6 Å². The van der Waals surface area contributed by atoms with Crippen molar-refractivity contribution in [2.45, 2.75) is 0 Å². The first kappa shape index (κ1) is 20.5. The first-order chi connectivity index (χ1) is 15.0. The van der Waals surface area contributed by atoms with Crippen LogP contribution in [0.5, 0.6) is 16.6 Å². The third kappa shape index (κ3) is 4.71. The van der Waals surface area contributed by atoms with Crippen LogP contribution in [0.2, 0.25) is 0 Å². The lowest BCUT2D eigenvalue weighted by molar-refractivity contribution is -0.380. The van der Waals surface area contributed by atoms with E-state index < -0.39 is 10.8 Å². The molecule has 0 saturated carbocycles. The maximum absolute atomic E-state index is 12.5. The van der Waals surface area contributed by atoms with E-state index in [1.54, 1.807) is 7.11 Å². The molecule has 0 bridgehead atoms. The molecule has 0 saturated heterocycles. The number of nitro groups is 1. The summed E-state index contributed by atoms with van der Waals surface area (Å²) in [5, 5.41) is 14.3. The Morgan fingerprint density at radius 1 is 1.00 bits per heavy atom. The molecule has 31 heavy (non-hydrogen) atoms. The average molecular weight is 454 g/mol. The van der Waals surface area contributed by atoms with E-state index in [1.807, 2.05) is 54.6 Å². The van der Waals surface area contributed by atoms with E-state index in [0.29, 0.717) is 27.4 Å². The van der Waals surface area contributed by atoms with E-state index in [1.165, 1.54) is 23.5 Å². The first-order valence-corrected chi connectivity index (χ1v) is 10.6. The van der Waals surface area contributed by atoms with Crippen molar-refractivity contribution in [1.29, 1.82) is 0 Å². The number of nitrogens with one attached hydrogen (secondary N) is 1. The molecule has 2 aromatic heterocycles. The second-order valence-electron chi connectivity index (χ2n) is 6.15. The van der Waals surface area contributed by atoms with Gasteiger partial charge in [-0.3, -0.25) is 20.2 Å². The first-order valence-electron chi connectivity index (χ1n) is 8.97. The molecule has 10 heteroatoms. The minimum absolute atomic E-state index is 0.101. The Kier molecular flexibility index (Phi) is 5.92. The van der Waals surface area contributed by atoms with Gasteiger partial charge in [-0.1, -0.05) is 40.9 Å². The molecular formula is C21H15N3O5S2. The minimum atomic E-state index is -0.529. The Balaban J connectivity index is 1.64. The quantitative estimate of drug-likeness (QED) is 0.279. The molecule has 0 aliphatic heterocycles. The topological polar surface area (TPSA) is 104 Å². The Hall–Kier alpha value is -3.76. The van der Waals surface area contributed by atoms with Crippen LogP contribution in [0, 0.1) is 10.1 Å². The number of hydrogen-bond donors (Lipinski definition) is 1. The minimum Gasteiger partial charge on any atom is -0.497 e. The summed E-state index contributed by atoms with van der Waals surface area (Å²) in [6.45, 7) is 0. The smallest absolute Gasteiger partial charge is 0.324 e. The SMILES string of the molecule is COc1ccc(-c2nc(NC(=O)c3ccc([N+](=O)[O-])s3)sc2Oc2ccccc2)cc1. The van der Waals surface area contributed by atoms with Crippen LogP contribution in [0.25, 0.3) is 11.3 Å². The average Bonchev–Trinajstić information content (AvgIpc) is 3.42. The fourth-order valence-electron chi connectivity index (χ4n) is 2.66. The number of thiazole rings is 1. The molecule has 0 aliphatic carbocycles. The van der Waals surface area contributed by atoms with Gasteiger partial charge >= 0.3 is 5.00 Å². The van der Waals surface area contributed by atoms with E-state index in [9.17, 15) is 14.9 Å². The lowest BCUT2D eigenvalue weighted by atomic mass is 10.1. The maximum Gasteiger partial charge on any atom is 0.324 e. The highest BCUT2D eigenvalue weighted by Crippen LogP contribution is 2.41. The Labute approximate surface area is 184 Å². The summed E-state index contributed by atoms with van der Waals surface area (Å²) < 4.78 is 11.2. The second-order valence-corrected chi connectivity index (χ2v) is 8.17. The largest absolute Gasteiger partial charge is 0.497 e. The van der Waals surface area contributed by atoms with Crippen molar-refractivity contribution >= 4 is 38.7 Å². The van der Waals surface area contributed by atoms with Crippen LogP contribution in [0.15, 0.2) is 66.7 Å². The van der Waals surface area contributed by atoms with Gasteiger partial charge in [0.15, 0.2) is 5.13 Å². The van der Waals surface area contributed by atoms with Crippen LogP contribution in [-0.4, -0.2) is 22.9 Å². The molecule has 2 heterocycles. The van der Waals surface area contributed by atoms with E-state index in [0.717, 1.165) is 16.9 Å². The lowest BCUT2D eigenvalue weighted by Crippen LogP contribution is -2.09. The summed E-state index contributed by atoms with van der Waals surface area (Å²) in [6, 6.07) is 19.3. The molecule has 156 valence electrons. The third-order valence-corrected chi connectivity index (χ3v) is 6.01. The monoisotopic (exact) mass is 453 g/mol. The molecule has 1 amide bonds. The number of ether oxygens (including phenoxy) is 2. The molecule has 0 radical (unpaired) electrons. The van der Waals surface area contributed by atoms with Crippen molar-refractivity contribution in [1.82, 2.24) is 4.98 Å². The summed E-state index contributed by atoms with van der Waals surface area (Å²) in [4.78, 5) is 27.6. The zero-order valence-electron chi connectivity index (χ0n) is 16.1. The number of thiophene rings is 1. The van der Waals surface area contributed by atoms with E-state index >= 15 is 0 Å². The van der Waals surface area contributed by atoms with Gasteiger partial charge in [-0.15, -0.1) is 0 Å². The van der Waals surface area contributed by atoms with Gasteiger partial charge in [0.25, 0.3) is 5.91 Å². The van der Waals surface area contributed by atoms with Gasteiger partial charge in [-0.25, -0.2) is 4.98 Å². The van der Waals surface area contributed by atoms with Gasteiger partial charge in [-0.2, -0.15) is 0 Å². The molecule has 0 atom stereocenters. The van der Waals surface area contributed by atoms with Crippen molar-refractivity contribution in [2.24, 2.45) is 0 Å². The standard InChI is InChI=1S/C21H15N3O5S2/c1-28-14-9-7-13(8-10-14)18-20(29-15-5-3-2-4-6-15)31-21(22-18)23-19(25)16-11-12-17(30-16)24(26)27/h2-12H,1H3,(H,22,23,25). The Morgan fingerprint density at radius 3 is 2.39 bits per heavy atom. The fraction of sp³-hybridized carbons (Fsp3) is 0.0476. The molecule has 4 aromatic rings. The number of methoxy groups -OCH3 is 1. The highest BCUT2D eigenvalue weighted by Gasteiger charge is 2.20. The Bertz CT molecular complexity index is 1220. The van der Waals surface area contributed by atoms with Crippen LogP contribution >= 0.6 is 22.7 Å². The molecule has 0 unspecified atom stereocenters. The number of hydrogen-bond acceptors (Lipinski definition) is 8. The third-order valence-electron chi connectivity index (χ3n) is 4.13. The van der Waals surface area contributed by atoms with Crippen LogP contribution in [0.3, 0.4) is 0 Å². The molecule has 0 spiro atoms. The number of benzene rings is 2. The van der Waals surface area contributed by atoms with Gasteiger partial charge in [0.1, 0.15) is 17.2 Å². The van der Waals surface area contributed by atoms with E-state index in [2.05, 4.69) is 10.3 Å². The van der Waals surface area contributed by atoms with Crippen LogP contribution in [-0.2, 0) is 0 Å². The van der Waals surface area contributed by atoms with Crippen LogP contribution in [0.1, 0.15) is 9.67 Å². The van der Waals surface area contributed by atoms with Gasteiger partial charge < -0.3 is 9.47 Å². The predicted molar refractivity (Wildman–Crippen MR) is 120 cm³/mol. The zero-order chi connectivity index (χ0) is 21.8. The zero-order valence-corrected chi connectivity index (χ0v) is 17.7. The van der Waals surface area contributed by atoms with Crippen LogP contribution in [0.4, 0.5) is 10.1 Å². The van der Waals surface area contributed by atoms with Gasteiger partial charge in [0.05, 0.1) is 16.9 Å². The number of aromatic nitrogens is 1. The summed E-state index contributed by atoms with van der Waals surface area (Å²) in [7, 11) is 1.59. The lowest BCUT2D eigenvalue weighted by Gasteiger charge is -2.06. The number of carbonyl (C=O) groups excluding carboxylic acids is 1. The van der Waals surface area contributed by atoms with Gasteiger partial charge in [-0.05, 0) is 42.5 Å². The van der Waals surface area contributed by atoms with E-state index in [4.69, 9.17) is 9.47 Å². The Morgan fingerprint density at radius 2 is 1.74 bits per heavy atom. The summed E-state index contributed by atoms with van der Waals surface area (Å²) >= 11 is 1.97. The van der Waals surface area contributed by atoms with Crippen molar-refractivity contribution < 1.29 is 19.2 Å². The highest BCUT2D eigenvalue weighted by molar-refractivity contribution is 7.19. The second kappa shape index (κ2) is 8.94. The number of rotatable bonds is 7. The molecule has 0 fully saturated rings. The van der Waals surface area contributed by atoms with Gasteiger partial charge in [0.2, 0.25) is 5.06 Å². The van der Waals surface area contributed by atoms with Crippen molar-refractivity contribution in [3.63, 3.8) is 0 Å². The molecule has 0 aliphatic rings. The molecular weight excluding hydrogens is 438 g/mol. The fourth-order valence-corrected chi connectivity index (χ4v) is 4.23.